The minimum Gasteiger partial charge on any atom is -0.482 e. The fourth-order valence-electron chi connectivity index (χ4n) is 1.59. The SMILES string of the molecule is CCC(=O)OCC(=O)c1ccc2c(c1)NC(=O)CO2. The van der Waals surface area contributed by atoms with E-state index in [0.29, 0.717) is 17.0 Å². The summed E-state index contributed by atoms with van der Waals surface area (Å²) in [6.07, 6.45) is 0.224. The summed E-state index contributed by atoms with van der Waals surface area (Å²) in [5.41, 5.74) is 0.803. The van der Waals surface area contributed by atoms with E-state index in [-0.39, 0.29) is 31.3 Å². The first kappa shape index (κ1) is 13.1. The summed E-state index contributed by atoms with van der Waals surface area (Å²) in [5, 5.41) is 2.61. The van der Waals surface area contributed by atoms with Gasteiger partial charge in [-0.15, -0.1) is 0 Å². The van der Waals surface area contributed by atoms with Crippen LogP contribution in [0.25, 0.3) is 0 Å². The quantitative estimate of drug-likeness (QED) is 0.651. The van der Waals surface area contributed by atoms with Gasteiger partial charge in [-0.2, -0.15) is 0 Å². The third kappa shape index (κ3) is 3.09. The number of carbonyl (C=O) groups is 3. The monoisotopic (exact) mass is 263 g/mol. The molecule has 1 aliphatic rings. The van der Waals surface area contributed by atoms with E-state index in [1.54, 1.807) is 19.1 Å². The molecule has 6 heteroatoms. The predicted molar refractivity (Wildman–Crippen MR) is 66.1 cm³/mol. The molecule has 0 saturated heterocycles. The Labute approximate surface area is 109 Å². The molecule has 1 amide bonds. The Balaban J connectivity index is 2.09. The highest BCUT2D eigenvalue weighted by Crippen LogP contribution is 2.28. The van der Waals surface area contributed by atoms with Gasteiger partial charge in [-0.1, -0.05) is 6.92 Å². The zero-order chi connectivity index (χ0) is 13.8. The van der Waals surface area contributed by atoms with Crippen LogP contribution in [0.1, 0.15) is 23.7 Å². The Bertz CT molecular complexity index is 538. The van der Waals surface area contributed by atoms with Crippen molar-refractivity contribution >= 4 is 23.3 Å². The van der Waals surface area contributed by atoms with Crippen LogP contribution in [-0.4, -0.2) is 30.9 Å². The third-order valence-corrected chi connectivity index (χ3v) is 2.59. The Morgan fingerprint density at radius 2 is 2.21 bits per heavy atom. The van der Waals surface area contributed by atoms with Gasteiger partial charge >= 0.3 is 5.97 Å². The molecular formula is C13H13NO5. The van der Waals surface area contributed by atoms with Crippen LogP contribution in [0.5, 0.6) is 5.75 Å². The van der Waals surface area contributed by atoms with Crippen molar-refractivity contribution in [2.45, 2.75) is 13.3 Å². The van der Waals surface area contributed by atoms with Gasteiger partial charge in [0, 0.05) is 12.0 Å². The zero-order valence-corrected chi connectivity index (χ0v) is 10.4. The highest BCUT2D eigenvalue weighted by Gasteiger charge is 2.18. The second kappa shape index (κ2) is 5.51. The van der Waals surface area contributed by atoms with Crippen LogP contribution < -0.4 is 10.1 Å². The Morgan fingerprint density at radius 3 is 2.95 bits per heavy atom. The standard InChI is InChI=1S/C13H13NO5/c1-2-13(17)19-6-10(15)8-3-4-11-9(5-8)14-12(16)7-18-11/h3-5H,2,6-7H2,1H3,(H,14,16). The van der Waals surface area contributed by atoms with Crippen LogP contribution in [0.2, 0.25) is 0 Å². The van der Waals surface area contributed by atoms with E-state index in [1.165, 1.54) is 6.07 Å². The number of amides is 1. The Hall–Kier alpha value is -2.37. The summed E-state index contributed by atoms with van der Waals surface area (Å²) in [5.74, 6) is -0.511. The highest BCUT2D eigenvalue weighted by atomic mass is 16.5. The van der Waals surface area contributed by atoms with E-state index < -0.39 is 5.97 Å². The van der Waals surface area contributed by atoms with Crippen molar-refractivity contribution in [2.24, 2.45) is 0 Å². The number of benzene rings is 1. The van der Waals surface area contributed by atoms with Crippen LogP contribution in [0.15, 0.2) is 18.2 Å². The average molecular weight is 263 g/mol. The summed E-state index contributed by atoms with van der Waals surface area (Å²) in [4.78, 5) is 33.9. The number of esters is 1. The van der Waals surface area contributed by atoms with Crippen molar-refractivity contribution in [1.82, 2.24) is 0 Å². The van der Waals surface area contributed by atoms with E-state index in [4.69, 9.17) is 9.47 Å². The van der Waals surface area contributed by atoms with Crippen molar-refractivity contribution < 1.29 is 23.9 Å². The maximum absolute atomic E-state index is 11.8. The predicted octanol–water partition coefficient (Wildman–Crippen LogP) is 1.15. The van der Waals surface area contributed by atoms with Gasteiger partial charge in [0.25, 0.3) is 5.91 Å². The van der Waals surface area contributed by atoms with Gasteiger partial charge in [-0.25, -0.2) is 0 Å². The number of fused-ring (bicyclic) bond motifs is 1. The van der Waals surface area contributed by atoms with Gasteiger partial charge in [0.2, 0.25) is 0 Å². The number of carbonyl (C=O) groups excluding carboxylic acids is 3. The molecule has 6 nitrogen and oxygen atoms in total. The first-order chi connectivity index (χ1) is 9.10. The van der Waals surface area contributed by atoms with Gasteiger partial charge in [0.1, 0.15) is 5.75 Å². The molecule has 19 heavy (non-hydrogen) atoms. The van der Waals surface area contributed by atoms with E-state index in [0.717, 1.165) is 0 Å². The molecule has 1 heterocycles. The van der Waals surface area contributed by atoms with E-state index >= 15 is 0 Å². The molecule has 1 aromatic rings. The number of hydrogen-bond acceptors (Lipinski definition) is 5. The molecule has 0 unspecified atom stereocenters. The summed E-state index contributed by atoms with van der Waals surface area (Å²) in [6.45, 7) is 1.31. The normalized spacial score (nSPS) is 13.0. The number of ketones is 1. The highest BCUT2D eigenvalue weighted by molar-refractivity contribution is 6.01. The number of anilines is 1. The second-order valence-electron chi connectivity index (χ2n) is 3.99. The van der Waals surface area contributed by atoms with Crippen molar-refractivity contribution in [1.29, 1.82) is 0 Å². The molecule has 0 atom stereocenters. The molecule has 0 saturated carbocycles. The number of Topliss-reactive ketones (excluding diaryl/α,β-unsaturated/α-hetero) is 1. The van der Waals surface area contributed by atoms with Crippen LogP contribution in [0.3, 0.4) is 0 Å². The average Bonchev–Trinajstić information content (AvgIpc) is 2.43. The molecule has 0 fully saturated rings. The lowest BCUT2D eigenvalue weighted by Gasteiger charge is -2.18. The molecule has 0 aromatic heterocycles. The van der Waals surface area contributed by atoms with Gasteiger partial charge in [-0.05, 0) is 18.2 Å². The minimum absolute atomic E-state index is 0.0333. The maximum Gasteiger partial charge on any atom is 0.305 e. The molecule has 1 N–H and O–H groups in total. The van der Waals surface area contributed by atoms with Gasteiger partial charge in [0.15, 0.2) is 19.0 Å². The Kier molecular flexibility index (Phi) is 3.79. The zero-order valence-electron chi connectivity index (χ0n) is 10.4. The Morgan fingerprint density at radius 1 is 1.42 bits per heavy atom. The van der Waals surface area contributed by atoms with Crippen molar-refractivity contribution in [3.05, 3.63) is 23.8 Å². The summed E-state index contributed by atoms with van der Waals surface area (Å²) in [7, 11) is 0. The van der Waals surface area contributed by atoms with Crippen molar-refractivity contribution in [3.8, 4) is 5.75 Å². The molecule has 2 rings (SSSR count). The smallest absolute Gasteiger partial charge is 0.305 e. The van der Waals surface area contributed by atoms with E-state index in [2.05, 4.69) is 5.32 Å². The molecule has 0 aliphatic carbocycles. The molecule has 0 bridgehead atoms. The van der Waals surface area contributed by atoms with Crippen LogP contribution in [0.4, 0.5) is 5.69 Å². The summed E-state index contributed by atoms with van der Waals surface area (Å²) < 4.78 is 9.94. The van der Waals surface area contributed by atoms with Gasteiger partial charge < -0.3 is 14.8 Å². The number of nitrogens with one attached hydrogen (secondary N) is 1. The molecule has 100 valence electrons. The fraction of sp³-hybridized carbons (Fsp3) is 0.308. The van der Waals surface area contributed by atoms with Crippen LogP contribution in [0, 0.1) is 0 Å². The number of rotatable bonds is 4. The largest absolute Gasteiger partial charge is 0.482 e. The summed E-state index contributed by atoms with van der Waals surface area (Å²) >= 11 is 0. The molecule has 1 aliphatic heterocycles. The van der Waals surface area contributed by atoms with Crippen LogP contribution >= 0.6 is 0 Å². The lowest BCUT2D eigenvalue weighted by atomic mass is 10.1. The van der Waals surface area contributed by atoms with Crippen molar-refractivity contribution in [3.63, 3.8) is 0 Å². The van der Waals surface area contributed by atoms with Crippen LogP contribution in [-0.2, 0) is 14.3 Å². The maximum atomic E-state index is 11.8. The summed E-state index contributed by atoms with van der Waals surface area (Å²) in [6, 6.07) is 4.68. The van der Waals surface area contributed by atoms with E-state index in [9.17, 15) is 14.4 Å². The first-order valence-electron chi connectivity index (χ1n) is 5.85. The minimum atomic E-state index is -0.428. The topological polar surface area (TPSA) is 81.7 Å². The lowest BCUT2D eigenvalue weighted by Crippen LogP contribution is -2.25. The lowest BCUT2D eigenvalue weighted by molar-refractivity contribution is -0.142. The fourth-order valence-corrected chi connectivity index (χ4v) is 1.59. The number of hydrogen-bond donors (Lipinski definition) is 1. The molecule has 1 aromatic carbocycles. The molecule has 0 spiro atoms. The molecule has 0 radical (unpaired) electrons. The van der Waals surface area contributed by atoms with Gasteiger partial charge in [0.05, 0.1) is 5.69 Å². The first-order valence-corrected chi connectivity index (χ1v) is 5.85. The molecular weight excluding hydrogens is 250 g/mol. The third-order valence-electron chi connectivity index (χ3n) is 2.59. The van der Waals surface area contributed by atoms with Crippen molar-refractivity contribution in [2.75, 3.05) is 18.5 Å². The number of ether oxygens (including phenoxy) is 2. The second-order valence-corrected chi connectivity index (χ2v) is 3.99. The van der Waals surface area contributed by atoms with Gasteiger partial charge in [-0.3, -0.25) is 14.4 Å². The van der Waals surface area contributed by atoms with E-state index in [1.807, 2.05) is 0 Å².